The lowest BCUT2D eigenvalue weighted by molar-refractivity contribution is 0.354. The van der Waals surface area contributed by atoms with E-state index in [1.165, 1.54) is 0 Å². The zero-order valence-electron chi connectivity index (χ0n) is 10.2. The summed E-state index contributed by atoms with van der Waals surface area (Å²) in [5.41, 5.74) is 0.810. The van der Waals surface area contributed by atoms with Crippen molar-refractivity contribution in [1.82, 2.24) is 0 Å². The van der Waals surface area contributed by atoms with Crippen molar-refractivity contribution in [2.75, 3.05) is 14.2 Å². The zero-order chi connectivity index (χ0) is 14.0. The molecular weight excluding hydrogens is 355 g/mol. The van der Waals surface area contributed by atoms with Gasteiger partial charge < -0.3 is 13.9 Å². The molecule has 1 unspecified atom stereocenters. The Morgan fingerprint density at radius 3 is 2.26 bits per heavy atom. The Bertz CT molecular complexity index is 583. The van der Waals surface area contributed by atoms with Gasteiger partial charge in [0.1, 0.15) is 5.76 Å². The van der Waals surface area contributed by atoms with Crippen LogP contribution in [0, 0.1) is 0 Å². The highest BCUT2D eigenvalue weighted by Gasteiger charge is 2.20. The van der Waals surface area contributed by atoms with E-state index in [9.17, 15) is 0 Å². The summed E-state index contributed by atoms with van der Waals surface area (Å²) in [6.45, 7) is 0. The van der Waals surface area contributed by atoms with Gasteiger partial charge in [-0.2, -0.15) is 0 Å². The van der Waals surface area contributed by atoms with Crippen LogP contribution in [0.25, 0.3) is 0 Å². The summed E-state index contributed by atoms with van der Waals surface area (Å²) in [4.78, 5) is -0.215. The molecule has 0 aliphatic rings. The van der Waals surface area contributed by atoms with Crippen molar-refractivity contribution < 1.29 is 13.9 Å². The molecule has 1 aromatic carbocycles. The number of rotatable bonds is 4. The standard InChI is InChI=1S/C13H11BrCl2O3/c1-17-10-5-7(8(15)6-11(10)18-2)13(14)9-3-4-12(16)19-9/h3-6,13H,1-2H3. The molecule has 3 nitrogen and oxygen atoms in total. The molecule has 1 atom stereocenters. The number of ether oxygens (including phenoxy) is 2. The Morgan fingerprint density at radius 1 is 1.11 bits per heavy atom. The van der Waals surface area contributed by atoms with E-state index in [-0.39, 0.29) is 4.83 Å². The molecule has 0 radical (unpaired) electrons. The quantitative estimate of drug-likeness (QED) is 0.707. The lowest BCUT2D eigenvalue weighted by Gasteiger charge is -2.14. The lowest BCUT2D eigenvalue weighted by Crippen LogP contribution is -1.96. The maximum Gasteiger partial charge on any atom is 0.193 e. The molecule has 0 saturated heterocycles. The second kappa shape index (κ2) is 6.07. The fourth-order valence-electron chi connectivity index (χ4n) is 1.68. The first-order valence-corrected chi connectivity index (χ1v) is 7.04. The molecule has 2 rings (SSSR count). The molecule has 1 aromatic heterocycles. The molecule has 0 aliphatic heterocycles. The van der Waals surface area contributed by atoms with Gasteiger partial charge in [0, 0.05) is 11.1 Å². The minimum absolute atomic E-state index is 0.215. The molecule has 1 heterocycles. The highest BCUT2D eigenvalue weighted by atomic mass is 79.9. The van der Waals surface area contributed by atoms with Crippen LogP contribution in [-0.4, -0.2) is 14.2 Å². The molecule has 0 fully saturated rings. The molecule has 0 N–H and O–H groups in total. The van der Waals surface area contributed by atoms with E-state index in [1.54, 1.807) is 38.5 Å². The van der Waals surface area contributed by atoms with Crippen molar-refractivity contribution in [2.24, 2.45) is 0 Å². The summed E-state index contributed by atoms with van der Waals surface area (Å²) in [6.07, 6.45) is 0. The number of hydrogen-bond donors (Lipinski definition) is 0. The van der Waals surface area contributed by atoms with Gasteiger partial charge in [0.25, 0.3) is 0 Å². The minimum Gasteiger partial charge on any atom is -0.493 e. The maximum atomic E-state index is 6.25. The summed E-state index contributed by atoms with van der Waals surface area (Å²) >= 11 is 15.6. The van der Waals surface area contributed by atoms with E-state index >= 15 is 0 Å². The van der Waals surface area contributed by atoms with Crippen molar-refractivity contribution in [3.05, 3.63) is 45.8 Å². The van der Waals surface area contributed by atoms with Gasteiger partial charge in [-0.3, -0.25) is 0 Å². The molecule has 0 amide bonds. The topological polar surface area (TPSA) is 31.6 Å². The minimum atomic E-state index is -0.215. The first-order chi connectivity index (χ1) is 9.06. The van der Waals surface area contributed by atoms with E-state index in [1.807, 2.05) is 0 Å². The van der Waals surface area contributed by atoms with Gasteiger partial charge in [0.05, 0.1) is 19.0 Å². The number of benzene rings is 1. The summed E-state index contributed by atoms with van der Waals surface area (Å²) in [6, 6.07) is 6.97. The van der Waals surface area contributed by atoms with Gasteiger partial charge in [0.2, 0.25) is 0 Å². The summed E-state index contributed by atoms with van der Waals surface area (Å²) < 4.78 is 15.8. The van der Waals surface area contributed by atoms with Crippen LogP contribution in [0.1, 0.15) is 16.2 Å². The molecule has 0 saturated carbocycles. The maximum absolute atomic E-state index is 6.25. The van der Waals surface area contributed by atoms with E-state index in [2.05, 4.69) is 15.9 Å². The fourth-order valence-corrected chi connectivity index (χ4v) is 2.85. The highest BCUT2D eigenvalue weighted by molar-refractivity contribution is 9.09. The van der Waals surface area contributed by atoms with Crippen molar-refractivity contribution in [1.29, 1.82) is 0 Å². The molecule has 0 bridgehead atoms. The molecule has 102 valence electrons. The van der Waals surface area contributed by atoms with E-state index in [0.29, 0.717) is 27.5 Å². The summed E-state index contributed by atoms with van der Waals surface area (Å²) in [5, 5.41) is 0.878. The smallest absolute Gasteiger partial charge is 0.193 e. The molecule has 6 heteroatoms. The Labute approximate surface area is 129 Å². The van der Waals surface area contributed by atoms with Gasteiger partial charge in [-0.15, -0.1) is 0 Å². The predicted molar refractivity (Wildman–Crippen MR) is 79.0 cm³/mol. The SMILES string of the molecule is COc1cc(Cl)c(C(Br)c2ccc(Cl)o2)cc1OC. The van der Waals surface area contributed by atoms with Crippen LogP contribution < -0.4 is 9.47 Å². The second-order valence-electron chi connectivity index (χ2n) is 3.73. The van der Waals surface area contributed by atoms with Gasteiger partial charge in [-0.25, -0.2) is 0 Å². The number of alkyl halides is 1. The van der Waals surface area contributed by atoms with Crippen LogP contribution >= 0.6 is 39.1 Å². The van der Waals surface area contributed by atoms with Crippen LogP contribution in [0.2, 0.25) is 10.2 Å². The van der Waals surface area contributed by atoms with Crippen LogP contribution in [0.3, 0.4) is 0 Å². The number of hydrogen-bond acceptors (Lipinski definition) is 3. The molecule has 2 aromatic rings. The fraction of sp³-hybridized carbons (Fsp3) is 0.231. The average Bonchev–Trinajstić information content (AvgIpc) is 2.84. The Balaban J connectivity index is 2.44. The van der Waals surface area contributed by atoms with Crippen molar-refractivity contribution in [3.8, 4) is 11.5 Å². The summed E-state index contributed by atoms with van der Waals surface area (Å²) in [7, 11) is 3.13. The average molecular weight is 366 g/mol. The first kappa shape index (κ1) is 14.6. The van der Waals surface area contributed by atoms with E-state index in [0.717, 1.165) is 5.56 Å². The summed E-state index contributed by atoms with van der Waals surface area (Å²) in [5.74, 6) is 1.84. The van der Waals surface area contributed by atoms with Crippen molar-refractivity contribution >= 4 is 39.1 Å². The molecule has 0 spiro atoms. The lowest BCUT2D eigenvalue weighted by atomic mass is 10.1. The third-order valence-corrected chi connectivity index (χ3v) is 4.09. The first-order valence-electron chi connectivity index (χ1n) is 5.37. The predicted octanol–water partition coefficient (Wildman–Crippen LogP) is 5.09. The second-order valence-corrected chi connectivity index (χ2v) is 5.43. The van der Waals surface area contributed by atoms with Crippen LogP contribution in [0.15, 0.2) is 28.7 Å². The van der Waals surface area contributed by atoms with Gasteiger partial charge in [-0.05, 0) is 35.4 Å². The van der Waals surface area contributed by atoms with E-state index < -0.39 is 0 Å². The van der Waals surface area contributed by atoms with E-state index in [4.69, 9.17) is 37.1 Å². The van der Waals surface area contributed by atoms with Crippen LogP contribution in [0.4, 0.5) is 0 Å². The van der Waals surface area contributed by atoms with Gasteiger partial charge in [-0.1, -0.05) is 27.5 Å². The Morgan fingerprint density at radius 2 is 1.74 bits per heavy atom. The van der Waals surface area contributed by atoms with Crippen LogP contribution in [0.5, 0.6) is 11.5 Å². The number of furan rings is 1. The third kappa shape index (κ3) is 3.02. The zero-order valence-corrected chi connectivity index (χ0v) is 13.3. The van der Waals surface area contributed by atoms with Gasteiger partial charge >= 0.3 is 0 Å². The van der Waals surface area contributed by atoms with Gasteiger partial charge in [0.15, 0.2) is 16.7 Å². The van der Waals surface area contributed by atoms with Crippen molar-refractivity contribution in [3.63, 3.8) is 0 Å². The van der Waals surface area contributed by atoms with Crippen LogP contribution in [-0.2, 0) is 0 Å². The molecule has 19 heavy (non-hydrogen) atoms. The molecule has 0 aliphatic carbocycles. The number of halogens is 3. The normalized spacial score (nSPS) is 12.3. The van der Waals surface area contributed by atoms with Crippen molar-refractivity contribution in [2.45, 2.75) is 4.83 Å². The highest BCUT2D eigenvalue weighted by Crippen LogP contribution is 2.41. The largest absolute Gasteiger partial charge is 0.493 e. The third-order valence-electron chi connectivity index (χ3n) is 2.62. The number of methoxy groups -OCH3 is 2. The Kier molecular flexibility index (Phi) is 4.66. The monoisotopic (exact) mass is 364 g/mol. The molecular formula is C13H11BrCl2O3. The Hall–Kier alpha value is -0.840.